The number of methoxy groups -OCH3 is 3. The number of benzene rings is 13. The third kappa shape index (κ3) is 18.1. The van der Waals surface area contributed by atoms with Gasteiger partial charge in [0, 0.05) is 77.5 Å². The van der Waals surface area contributed by atoms with Crippen LogP contribution in [0.25, 0.3) is 0 Å². The molecule has 0 bridgehead atoms. The zero-order valence-corrected chi connectivity index (χ0v) is 80.7. The highest BCUT2D eigenvalue weighted by Gasteiger charge is 2.52. The molecule has 0 fully saturated rings. The molecule has 13 aromatic rings. The summed E-state index contributed by atoms with van der Waals surface area (Å²) in [5, 5.41) is 6.72. The molecule has 0 radical (unpaired) electrons. The fourth-order valence-corrected chi connectivity index (χ4v) is 32.3. The molecule has 0 atom stereocenters. The minimum absolute atomic E-state index is 0.0131. The van der Waals surface area contributed by atoms with Crippen LogP contribution in [0.15, 0.2) is 261 Å². The highest BCUT2D eigenvalue weighted by Crippen LogP contribution is 2.59. The molecular formula is C94H78F6I4O17P4. The number of para-hydroxylation sites is 1. The van der Waals surface area contributed by atoms with Crippen molar-refractivity contribution in [1.82, 2.24) is 0 Å². The Balaban J connectivity index is 0.000000138. The van der Waals surface area contributed by atoms with Crippen LogP contribution in [0.5, 0.6) is 80.5 Å². The third-order valence-electron chi connectivity index (χ3n) is 20.3. The van der Waals surface area contributed by atoms with E-state index in [2.05, 4.69) is 36.8 Å². The first-order valence-electron chi connectivity index (χ1n) is 38.5. The van der Waals surface area contributed by atoms with Gasteiger partial charge in [0.05, 0.1) is 42.2 Å². The van der Waals surface area contributed by atoms with Crippen molar-refractivity contribution in [3.63, 3.8) is 0 Å². The van der Waals surface area contributed by atoms with Crippen LogP contribution in [0, 0.1) is 48.9 Å². The number of fused-ring (bicyclic) bond motifs is 4. The van der Waals surface area contributed by atoms with E-state index in [4.69, 9.17) is 47.4 Å². The summed E-state index contributed by atoms with van der Waals surface area (Å²) in [5.41, 5.74) is 4.07. The Labute approximate surface area is 773 Å². The van der Waals surface area contributed by atoms with Crippen molar-refractivity contribution in [3.8, 4) is 80.5 Å². The number of alkyl halides is 6. The van der Waals surface area contributed by atoms with E-state index in [0.717, 1.165) is 33.8 Å². The van der Waals surface area contributed by atoms with Gasteiger partial charge in [0.2, 0.25) is 23.0 Å². The van der Waals surface area contributed by atoms with Crippen molar-refractivity contribution in [2.75, 3.05) is 27.9 Å². The molecule has 0 spiro atoms. The Morgan fingerprint density at radius 1 is 0.296 bits per heavy atom. The van der Waals surface area contributed by atoms with E-state index in [1.54, 1.807) is 155 Å². The van der Waals surface area contributed by atoms with Crippen molar-refractivity contribution >= 4 is 183 Å². The maximum Gasteiger partial charge on any atom is 0.586 e. The average Bonchev–Trinajstić information content (AvgIpc) is 1.70. The summed E-state index contributed by atoms with van der Waals surface area (Å²) < 4.78 is 213. The van der Waals surface area contributed by atoms with Crippen LogP contribution in [0.1, 0.15) is 48.6 Å². The van der Waals surface area contributed by atoms with Gasteiger partial charge in [0.15, 0.2) is 74.6 Å². The summed E-state index contributed by atoms with van der Waals surface area (Å²) in [6, 6.07) is 77.7. The number of hydrogen-bond acceptors (Lipinski definition) is 17. The summed E-state index contributed by atoms with van der Waals surface area (Å²) in [6.45, 7) is 15.2. The highest BCUT2D eigenvalue weighted by molar-refractivity contribution is 14.1. The molecule has 0 aromatic heterocycles. The van der Waals surface area contributed by atoms with E-state index >= 15 is 4.57 Å². The molecule has 31 heteroatoms. The molecule has 0 N–H and O–H groups in total. The maximum absolute atomic E-state index is 16.0. The van der Waals surface area contributed by atoms with Crippen molar-refractivity contribution in [3.05, 3.63) is 303 Å². The topological polar surface area (TPSA) is 188 Å². The lowest BCUT2D eigenvalue weighted by Gasteiger charge is -2.25. The largest absolute Gasteiger partial charge is 0.586 e. The first-order chi connectivity index (χ1) is 59.4. The molecule has 4 heterocycles. The number of rotatable bonds is 19. The fraction of sp³-hybridized carbons (Fsp3) is 0.170. The summed E-state index contributed by atoms with van der Waals surface area (Å²) in [7, 11) is -8.99. The minimum Gasteiger partial charge on any atom is -0.496 e. The van der Waals surface area contributed by atoms with Crippen LogP contribution in [0.4, 0.5) is 26.3 Å². The lowest BCUT2D eigenvalue weighted by Crippen LogP contribution is -2.30. The van der Waals surface area contributed by atoms with Gasteiger partial charge in [-0.15, -0.1) is 26.3 Å². The molecule has 646 valence electrons. The van der Waals surface area contributed by atoms with Crippen LogP contribution in [0.2, 0.25) is 0 Å². The van der Waals surface area contributed by atoms with Gasteiger partial charge in [0.1, 0.15) is 17.2 Å². The Hall–Kier alpha value is -9.32. The molecule has 0 unspecified atom stereocenters. The lowest BCUT2D eigenvalue weighted by molar-refractivity contribution is -0.288. The zero-order valence-electron chi connectivity index (χ0n) is 68.5. The van der Waals surface area contributed by atoms with E-state index in [1.165, 1.54) is 19.2 Å². The number of hydrogen-bond donors (Lipinski definition) is 0. The highest BCUT2D eigenvalue weighted by atomic mass is 127. The van der Waals surface area contributed by atoms with E-state index in [1.807, 2.05) is 231 Å². The molecule has 13 aromatic carbocycles. The minimum atomic E-state index is -3.81. The number of aryl methyl sites for hydroxylation is 5. The van der Waals surface area contributed by atoms with E-state index in [9.17, 15) is 40.0 Å². The van der Waals surface area contributed by atoms with Gasteiger partial charge in [-0.3, -0.25) is 0 Å². The third-order valence-corrected chi connectivity index (χ3v) is 38.6. The van der Waals surface area contributed by atoms with Gasteiger partial charge in [0.25, 0.3) is 0 Å². The lowest BCUT2D eigenvalue weighted by atomic mass is 10.1. The molecule has 0 amide bonds. The van der Waals surface area contributed by atoms with Gasteiger partial charge < -0.3 is 79.8 Å². The van der Waals surface area contributed by atoms with Crippen molar-refractivity contribution < 1.29 is 106 Å². The monoisotopic (exact) mass is 2220 g/mol. The molecule has 0 aliphatic carbocycles. The maximum atomic E-state index is 16.0. The fourth-order valence-electron chi connectivity index (χ4n) is 15.0. The van der Waals surface area contributed by atoms with E-state index in [0.29, 0.717) is 106 Å². The Morgan fingerprint density at radius 3 is 0.864 bits per heavy atom. The molecule has 4 aliphatic rings. The SMILES string of the molecule is CCOc1cc(P(=O)(c2ccccc2)c2ccccc2)c(I)c2c1OC(F)(F)O2.COc1c(C)cc(P(=O)(c2cc(C)c(OC)c(C)c2)c2cc(Oc3ccccc3)c3c(c2I)OC(C)(C)O3)cc1C.COc1cc(P(=O)(c2ccccc2)c2ccccc2)c(I)c2c1OC(F)(F)O2.Cc1cc(P(=O)(c2ccccc2)c2ccccc2)c(I)c2c1OC(F)(F)O2. The summed E-state index contributed by atoms with van der Waals surface area (Å²) in [5.74, 6) is 2.03. The van der Waals surface area contributed by atoms with Gasteiger partial charge in [-0.25, -0.2) is 0 Å². The van der Waals surface area contributed by atoms with Crippen molar-refractivity contribution in [1.29, 1.82) is 0 Å². The van der Waals surface area contributed by atoms with Crippen LogP contribution in [-0.4, -0.2) is 52.6 Å². The normalized spacial score (nSPS) is 14.4. The molecule has 17 nitrogen and oxygen atoms in total. The first-order valence-corrected chi connectivity index (χ1v) is 49.7. The van der Waals surface area contributed by atoms with Crippen LogP contribution in [-0.2, 0) is 18.3 Å². The summed E-state index contributed by atoms with van der Waals surface area (Å²) in [6.07, 6.45) is -11.3. The molecular weight excluding hydrogens is 2150 g/mol. The Kier molecular flexibility index (Phi) is 27.0. The van der Waals surface area contributed by atoms with E-state index in [-0.39, 0.29) is 52.6 Å². The zero-order chi connectivity index (χ0) is 89.5. The molecule has 4 aliphatic heterocycles. The summed E-state index contributed by atoms with van der Waals surface area (Å²) in [4.78, 5) is 0. The van der Waals surface area contributed by atoms with Crippen LogP contribution < -0.4 is 125 Å². The second-order valence-electron chi connectivity index (χ2n) is 29.1. The molecule has 125 heavy (non-hydrogen) atoms. The van der Waals surface area contributed by atoms with Crippen LogP contribution >= 0.6 is 119 Å². The average molecular weight is 2230 g/mol. The van der Waals surface area contributed by atoms with Gasteiger partial charge >= 0.3 is 18.9 Å². The quantitative estimate of drug-likeness (QED) is 0.0422. The number of halogens is 10. The number of ether oxygens (including phenoxy) is 13. The molecule has 17 rings (SSSR count). The standard InChI is InChI=1S/C33H34IO6P.C21H16F2IO4P.C20H14F2IO4P.C20H14F2IO3P/c1-19-14-24(15-20(2)29(19)36-7)41(35,25-16-21(3)30(37-8)22(4)17-25)27-18-26(38-23-12-10-9-11-13-23)31-32(28(27)34)40-33(5,6)39-31;1-2-26-16-13-17(18(24)20-19(16)27-21(22,23)28-20)29(25,14-9-5-3-6-10-14)15-11-7-4-8-12-15;1-25-15-12-16(17(23)19-18(15)26-20(21,22)27-19)28(24,13-8-4-2-5-9-13)14-10-6-3-7-11-14;1-13-12-16(17(23)19-18(13)25-20(21,22)26-19)27(24,14-8-4-2-5-9-14)15-10-6-3-7-11-15/h9-18H,1-8H3;3-13H,2H2,1H3;2-12H,1H3;2-12H,1H3. The molecule has 0 saturated carbocycles. The Morgan fingerprint density at radius 2 is 0.544 bits per heavy atom. The Bertz CT molecular complexity index is 6220. The second-order valence-corrected chi connectivity index (χ2v) is 44.4. The smallest absolute Gasteiger partial charge is 0.496 e. The first kappa shape index (κ1) is 91.9. The van der Waals surface area contributed by atoms with Gasteiger partial charge in [-0.2, -0.15) is 0 Å². The van der Waals surface area contributed by atoms with Crippen LogP contribution in [0.3, 0.4) is 0 Å². The van der Waals surface area contributed by atoms with Crippen molar-refractivity contribution in [2.24, 2.45) is 0 Å². The van der Waals surface area contributed by atoms with Crippen molar-refractivity contribution in [2.45, 2.75) is 80.1 Å². The predicted octanol–water partition coefficient (Wildman–Crippen LogP) is 21.0. The van der Waals surface area contributed by atoms with Gasteiger partial charge in [-0.05, 0) is 220 Å². The predicted molar refractivity (Wildman–Crippen MR) is 509 cm³/mol. The van der Waals surface area contributed by atoms with Gasteiger partial charge in [-0.1, -0.05) is 200 Å². The summed E-state index contributed by atoms with van der Waals surface area (Å²) >= 11 is 7.89. The second kappa shape index (κ2) is 36.8. The van der Waals surface area contributed by atoms with E-state index < -0.39 is 53.2 Å². The molecule has 0 saturated heterocycles.